The van der Waals surface area contributed by atoms with Gasteiger partial charge in [-0.2, -0.15) is 5.10 Å². The van der Waals surface area contributed by atoms with Crippen LogP contribution in [0.5, 0.6) is 0 Å². The van der Waals surface area contributed by atoms with Crippen LogP contribution in [0.2, 0.25) is 0 Å². The molecule has 26 heavy (non-hydrogen) atoms. The van der Waals surface area contributed by atoms with Gasteiger partial charge in [-0.25, -0.2) is 4.39 Å². The summed E-state index contributed by atoms with van der Waals surface area (Å²) in [4.78, 5) is 25.2. The number of hydrogen-bond acceptors (Lipinski definition) is 4. The van der Waals surface area contributed by atoms with Crippen LogP contribution >= 0.6 is 11.3 Å². The molecule has 2 heterocycles. The molecule has 3 rings (SSSR count). The number of aryl methyl sites for hydroxylation is 3. The smallest absolute Gasteiger partial charge is 0.267 e. The predicted octanol–water partition coefficient (Wildman–Crippen LogP) is 3.74. The van der Waals surface area contributed by atoms with E-state index >= 15 is 0 Å². The van der Waals surface area contributed by atoms with Gasteiger partial charge in [0.2, 0.25) is 0 Å². The van der Waals surface area contributed by atoms with Gasteiger partial charge >= 0.3 is 0 Å². The third kappa shape index (κ3) is 3.80. The molecule has 0 aliphatic carbocycles. The van der Waals surface area contributed by atoms with Gasteiger partial charge in [-0.3, -0.25) is 14.3 Å². The fourth-order valence-corrected chi connectivity index (χ4v) is 3.45. The van der Waals surface area contributed by atoms with Crippen molar-refractivity contribution in [2.45, 2.75) is 13.8 Å². The molecule has 6 nitrogen and oxygen atoms in total. The van der Waals surface area contributed by atoms with Crippen molar-refractivity contribution in [3.8, 4) is 0 Å². The maximum Gasteiger partial charge on any atom is 0.267 e. The van der Waals surface area contributed by atoms with E-state index in [0.29, 0.717) is 15.7 Å². The predicted molar refractivity (Wildman–Crippen MR) is 99.3 cm³/mol. The highest BCUT2D eigenvalue weighted by atomic mass is 32.1. The first kappa shape index (κ1) is 17.8. The van der Waals surface area contributed by atoms with Crippen LogP contribution in [0.3, 0.4) is 0 Å². The highest BCUT2D eigenvalue weighted by molar-refractivity contribution is 7.18. The van der Waals surface area contributed by atoms with Crippen molar-refractivity contribution in [3.63, 3.8) is 0 Å². The van der Waals surface area contributed by atoms with Gasteiger partial charge in [-0.1, -0.05) is 6.07 Å². The van der Waals surface area contributed by atoms with Crippen LogP contribution < -0.4 is 10.6 Å². The number of halogens is 1. The third-order valence-corrected chi connectivity index (χ3v) is 4.84. The SMILES string of the molecule is Cc1cc(NC(=O)c2sc(NC(=O)c3cccc(F)c3)cc2C)n(C)n1. The largest absolute Gasteiger partial charge is 0.314 e. The number of amides is 2. The van der Waals surface area contributed by atoms with E-state index < -0.39 is 11.7 Å². The second kappa shape index (κ2) is 7.09. The van der Waals surface area contributed by atoms with Crippen LogP contribution in [0, 0.1) is 19.7 Å². The van der Waals surface area contributed by atoms with Crippen molar-refractivity contribution in [2.24, 2.45) is 7.05 Å². The average Bonchev–Trinajstić information content (AvgIpc) is 3.09. The Kier molecular flexibility index (Phi) is 4.85. The molecule has 0 aliphatic heterocycles. The number of nitrogens with one attached hydrogen (secondary N) is 2. The molecule has 0 atom stereocenters. The van der Waals surface area contributed by atoms with Gasteiger partial charge in [0.25, 0.3) is 11.8 Å². The minimum absolute atomic E-state index is 0.215. The molecule has 0 radical (unpaired) electrons. The second-order valence-corrected chi connectivity index (χ2v) is 6.89. The van der Waals surface area contributed by atoms with E-state index in [1.54, 1.807) is 30.8 Å². The molecule has 0 spiro atoms. The molecule has 3 aromatic rings. The summed E-state index contributed by atoms with van der Waals surface area (Å²) in [6.45, 7) is 3.63. The quantitative estimate of drug-likeness (QED) is 0.732. The molecule has 0 saturated heterocycles. The fourth-order valence-electron chi connectivity index (χ4n) is 2.48. The number of aromatic nitrogens is 2. The molecule has 0 aliphatic rings. The van der Waals surface area contributed by atoms with Crippen molar-refractivity contribution in [1.29, 1.82) is 0 Å². The normalized spacial score (nSPS) is 10.6. The highest BCUT2D eigenvalue weighted by Gasteiger charge is 2.17. The Morgan fingerprint density at radius 3 is 2.54 bits per heavy atom. The molecule has 2 amide bonds. The zero-order valence-corrected chi connectivity index (χ0v) is 15.3. The van der Waals surface area contributed by atoms with E-state index in [1.165, 1.54) is 18.2 Å². The van der Waals surface area contributed by atoms with Gasteiger partial charge in [-0.15, -0.1) is 11.3 Å². The van der Waals surface area contributed by atoms with Crippen LogP contribution in [-0.4, -0.2) is 21.6 Å². The van der Waals surface area contributed by atoms with E-state index in [2.05, 4.69) is 15.7 Å². The summed E-state index contributed by atoms with van der Waals surface area (Å²) in [6, 6.07) is 8.91. The molecular formula is C18H17FN4O2S. The number of anilines is 2. The first-order valence-corrected chi connectivity index (χ1v) is 8.64. The van der Waals surface area contributed by atoms with Gasteiger partial charge in [-0.05, 0) is 43.7 Å². The van der Waals surface area contributed by atoms with E-state index in [9.17, 15) is 14.0 Å². The minimum Gasteiger partial charge on any atom is -0.314 e. The van der Waals surface area contributed by atoms with Crippen LogP contribution in [0.15, 0.2) is 36.4 Å². The van der Waals surface area contributed by atoms with Crippen LogP contribution in [0.4, 0.5) is 15.2 Å². The number of benzene rings is 1. The van der Waals surface area contributed by atoms with Crippen LogP contribution in [0.1, 0.15) is 31.3 Å². The molecule has 2 aromatic heterocycles. The Morgan fingerprint density at radius 2 is 1.88 bits per heavy atom. The summed E-state index contributed by atoms with van der Waals surface area (Å²) in [5.74, 6) is -0.598. The summed E-state index contributed by atoms with van der Waals surface area (Å²) < 4.78 is 14.8. The van der Waals surface area contributed by atoms with Crippen molar-refractivity contribution in [1.82, 2.24) is 9.78 Å². The summed E-state index contributed by atoms with van der Waals surface area (Å²) in [7, 11) is 1.74. The Hall–Kier alpha value is -3.00. The van der Waals surface area contributed by atoms with Gasteiger partial charge in [0.15, 0.2) is 0 Å². The maximum atomic E-state index is 13.2. The lowest BCUT2D eigenvalue weighted by atomic mass is 10.2. The van der Waals surface area contributed by atoms with E-state index in [4.69, 9.17) is 0 Å². The van der Waals surface area contributed by atoms with Gasteiger partial charge in [0, 0.05) is 18.7 Å². The molecule has 8 heteroatoms. The Balaban J connectivity index is 1.75. The van der Waals surface area contributed by atoms with E-state index in [-0.39, 0.29) is 11.5 Å². The Bertz CT molecular complexity index is 993. The standard InChI is InChI=1S/C18H17FN4O2S/c1-10-7-15(21-17(24)12-5-4-6-13(19)9-12)26-16(10)18(25)20-14-8-11(2)22-23(14)3/h4-9H,1-3H3,(H,20,25)(H,21,24). The number of thiophene rings is 1. The topological polar surface area (TPSA) is 76.0 Å². The average molecular weight is 372 g/mol. The van der Waals surface area contributed by atoms with Gasteiger partial charge < -0.3 is 10.6 Å². The molecule has 0 saturated carbocycles. The summed E-state index contributed by atoms with van der Waals surface area (Å²) in [5.41, 5.74) is 1.75. The maximum absolute atomic E-state index is 13.2. The number of hydrogen-bond donors (Lipinski definition) is 2. The molecule has 0 unspecified atom stereocenters. The lowest BCUT2D eigenvalue weighted by molar-refractivity contribution is 0.101. The Labute approximate surface area is 153 Å². The lowest BCUT2D eigenvalue weighted by Gasteiger charge is -2.04. The second-order valence-electron chi connectivity index (χ2n) is 5.84. The zero-order chi connectivity index (χ0) is 18.8. The van der Waals surface area contributed by atoms with Crippen molar-refractivity contribution < 1.29 is 14.0 Å². The Morgan fingerprint density at radius 1 is 1.12 bits per heavy atom. The van der Waals surface area contributed by atoms with Crippen LogP contribution in [-0.2, 0) is 7.05 Å². The minimum atomic E-state index is -0.480. The molecule has 0 bridgehead atoms. The van der Waals surface area contributed by atoms with Crippen LogP contribution in [0.25, 0.3) is 0 Å². The number of carbonyl (C=O) groups excluding carboxylic acids is 2. The monoisotopic (exact) mass is 372 g/mol. The first-order chi connectivity index (χ1) is 12.3. The molecule has 0 fully saturated rings. The number of rotatable bonds is 4. The molecule has 2 N–H and O–H groups in total. The van der Waals surface area contributed by atoms with E-state index in [0.717, 1.165) is 28.7 Å². The summed E-state index contributed by atoms with van der Waals surface area (Å²) in [6.07, 6.45) is 0. The first-order valence-electron chi connectivity index (χ1n) is 7.83. The highest BCUT2D eigenvalue weighted by Crippen LogP contribution is 2.28. The molecule has 1 aromatic carbocycles. The number of nitrogens with zero attached hydrogens (tertiary/aromatic N) is 2. The zero-order valence-electron chi connectivity index (χ0n) is 14.5. The summed E-state index contributed by atoms with van der Waals surface area (Å²) in [5, 5.41) is 10.2. The fraction of sp³-hybridized carbons (Fsp3) is 0.167. The van der Waals surface area contributed by atoms with E-state index in [1.807, 2.05) is 6.92 Å². The van der Waals surface area contributed by atoms with Crippen molar-refractivity contribution in [3.05, 3.63) is 63.9 Å². The molecular weight excluding hydrogens is 355 g/mol. The van der Waals surface area contributed by atoms with Gasteiger partial charge in [0.1, 0.15) is 11.6 Å². The van der Waals surface area contributed by atoms with Crippen molar-refractivity contribution >= 4 is 34.0 Å². The summed E-state index contributed by atoms with van der Waals surface area (Å²) >= 11 is 1.16. The van der Waals surface area contributed by atoms with Gasteiger partial charge in [0.05, 0.1) is 15.6 Å². The lowest BCUT2D eigenvalue weighted by Crippen LogP contribution is -2.14. The third-order valence-electron chi connectivity index (χ3n) is 3.69. The van der Waals surface area contributed by atoms with Crippen molar-refractivity contribution in [2.75, 3.05) is 10.6 Å². The molecule has 134 valence electrons. The number of carbonyl (C=O) groups is 2.